The number of rotatable bonds is 3. The van der Waals surface area contributed by atoms with Crippen LogP contribution in [0.2, 0.25) is 0 Å². The number of hydrogen-bond acceptors (Lipinski definition) is 2. The summed E-state index contributed by atoms with van der Waals surface area (Å²) in [5.41, 5.74) is 0. The zero-order valence-electron chi connectivity index (χ0n) is 7.55. The van der Waals surface area contributed by atoms with Crippen LogP contribution < -0.4 is 10.6 Å². The number of aliphatic imine (C=N–C) groups is 1. The van der Waals surface area contributed by atoms with E-state index in [4.69, 9.17) is 0 Å². The molecule has 4 heteroatoms. The van der Waals surface area contributed by atoms with Gasteiger partial charge in [-0.25, -0.2) is 0 Å². The van der Waals surface area contributed by atoms with E-state index in [0.717, 1.165) is 19.4 Å². The van der Waals surface area contributed by atoms with E-state index in [1.54, 1.807) is 0 Å². The first-order valence-corrected chi connectivity index (χ1v) is 4.36. The maximum atomic E-state index is 11.0. The molecule has 0 spiro atoms. The Kier molecular flexibility index (Phi) is 3.08. The second-order valence-electron chi connectivity index (χ2n) is 2.94. The van der Waals surface area contributed by atoms with Crippen LogP contribution >= 0.6 is 0 Å². The van der Waals surface area contributed by atoms with E-state index in [1.165, 1.54) is 0 Å². The highest BCUT2D eigenvalue weighted by molar-refractivity contribution is 6.06. The maximum Gasteiger partial charge on any atom is 0.248 e. The Hall–Kier alpha value is -1.06. The second kappa shape index (κ2) is 4.09. The third-order valence-corrected chi connectivity index (χ3v) is 1.77. The molecular weight excluding hydrogens is 154 g/mol. The lowest BCUT2D eigenvalue weighted by atomic mass is 10.3. The molecule has 1 amide bonds. The summed E-state index contributed by atoms with van der Waals surface area (Å²) in [6.45, 7) is 4.72. The van der Waals surface area contributed by atoms with Gasteiger partial charge in [-0.05, 0) is 13.3 Å². The number of unbranched alkanes of at least 4 members (excludes halogenated alkanes) is 1. The van der Waals surface area contributed by atoms with E-state index in [-0.39, 0.29) is 11.9 Å². The van der Waals surface area contributed by atoms with Crippen molar-refractivity contribution in [3.05, 3.63) is 0 Å². The smallest absolute Gasteiger partial charge is 0.248 e. The van der Waals surface area contributed by atoms with Crippen molar-refractivity contribution in [3.63, 3.8) is 0 Å². The molecule has 1 aliphatic rings. The molecule has 1 heterocycles. The lowest BCUT2D eigenvalue weighted by Crippen LogP contribution is -2.26. The number of amides is 1. The number of nitrogens with one attached hydrogen (secondary N) is 2. The summed E-state index contributed by atoms with van der Waals surface area (Å²) in [6.07, 6.45) is 2.19. The molecule has 0 aromatic heterocycles. The lowest BCUT2D eigenvalue weighted by molar-refractivity contribution is -0.119. The largest absolute Gasteiger partial charge is 0.345 e. The third kappa shape index (κ3) is 2.22. The summed E-state index contributed by atoms with van der Waals surface area (Å²) >= 11 is 0. The molecule has 0 radical (unpaired) electrons. The molecule has 1 fully saturated rings. The molecule has 12 heavy (non-hydrogen) atoms. The lowest BCUT2D eigenvalue weighted by Gasteiger charge is -1.97. The molecule has 1 saturated heterocycles. The van der Waals surface area contributed by atoms with E-state index in [1.807, 2.05) is 6.92 Å². The summed E-state index contributed by atoms with van der Waals surface area (Å²) in [5, 5.41) is 5.61. The van der Waals surface area contributed by atoms with Crippen molar-refractivity contribution < 1.29 is 4.79 Å². The van der Waals surface area contributed by atoms with Crippen LogP contribution in [0.5, 0.6) is 0 Å². The van der Waals surface area contributed by atoms with Gasteiger partial charge in [0, 0.05) is 6.54 Å². The van der Waals surface area contributed by atoms with Crippen LogP contribution in [0.3, 0.4) is 0 Å². The predicted molar refractivity (Wildman–Crippen MR) is 48.0 cm³/mol. The van der Waals surface area contributed by atoms with E-state index < -0.39 is 0 Å². The first kappa shape index (κ1) is 9.03. The number of hydrogen-bond donors (Lipinski definition) is 2. The van der Waals surface area contributed by atoms with Gasteiger partial charge in [0.1, 0.15) is 6.04 Å². The van der Waals surface area contributed by atoms with E-state index in [2.05, 4.69) is 22.5 Å². The minimum atomic E-state index is -0.134. The predicted octanol–water partition coefficient (Wildman–Crippen LogP) is 0.250. The van der Waals surface area contributed by atoms with Gasteiger partial charge in [0.25, 0.3) is 0 Å². The van der Waals surface area contributed by atoms with Gasteiger partial charge in [-0.3, -0.25) is 15.1 Å². The first-order chi connectivity index (χ1) is 5.74. The summed E-state index contributed by atoms with van der Waals surface area (Å²) in [6, 6.07) is -0.134. The van der Waals surface area contributed by atoms with Gasteiger partial charge in [-0.15, -0.1) is 0 Å². The monoisotopic (exact) mass is 169 g/mol. The van der Waals surface area contributed by atoms with Gasteiger partial charge in [0.2, 0.25) is 5.91 Å². The summed E-state index contributed by atoms with van der Waals surface area (Å²) < 4.78 is 0. The van der Waals surface area contributed by atoms with Crippen LogP contribution in [0.1, 0.15) is 26.7 Å². The Morgan fingerprint density at radius 2 is 2.33 bits per heavy atom. The second-order valence-corrected chi connectivity index (χ2v) is 2.94. The van der Waals surface area contributed by atoms with Gasteiger partial charge in [-0.1, -0.05) is 13.3 Å². The number of guanidine groups is 1. The Balaban J connectivity index is 2.35. The molecule has 0 aromatic rings. The molecule has 0 bridgehead atoms. The molecule has 4 nitrogen and oxygen atoms in total. The Morgan fingerprint density at radius 3 is 2.83 bits per heavy atom. The zero-order chi connectivity index (χ0) is 8.97. The van der Waals surface area contributed by atoms with Crippen molar-refractivity contribution in [2.45, 2.75) is 32.7 Å². The van der Waals surface area contributed by atoms with Crippen molar-refractivity contribution in [3.8, 4) is 0 Å². The fourth-order valence-electron chi connectivity index (χ4n) is 0.966. The SMILES string of the molecule is CCCCN=C1NC(=O)C(C)N1. The minimum Gasteiger partial charge on any atom is -0.345 e. The average molecular weight is 169 g/mol. The van der Waals surface area contributed by atoms with Crippen LogP contribution in [0.4, 0.5) is 0 Å². The van der Waals surface area contributed by atoms with Crippen molar-refractivity contribution in [1.82, 2.24) is 10.6 Å². The standard InChI is InChI=1S/C8H15N3O/c1-3-4-5-9-8-10-6(2)7(12)11-8/h6H,3-5H2,1-2H3,(H2,9,10,11,12). The van der Waals surface area contributed by atoms with Crippen molar-refractivity contribution >= 4 is 11.9 Å². The zero-order valence-corrected chi connectivity index (χ0v) is 7.55. The molecule has 1 rings (SSSR count). The third-order valence-electron chi connectivity index (χ3n) is 1.77. The number of nitrogens with zero attached hydrogens (tertiary/aromatic N) is 1. The maximum absolute atomic E-state index is 11.0. The molecule has 1 aliphatic heterocycles. The quantitative estimate of drug-likeness (QED) is 0.595. The molecule has 0 saturated carbocycles. The van der Waals surface area contributed by atoms with Gasteiger partial charge in [0.15, 0.2) is 5.96 Å². The van der Waals surface area contributed by atoms with Gasteiger partial charge in [0.05, 0.1) is 0 Å². The minimum absolute atomic E-state index is 0.00486. The molecule has 68 valence electrons. The van der Waals surface area contributed by atoms with Crippen LogP contribution in [-0.4, -0.2) is 24.5 Å². The van der Waals surface area contributed by atoms with Crippen molar-refractivity contribution in [2.75, 3.05) is 6.54 Å². The van der Waals surface area contributed by atoms with Crippen LogP contribution in [0.25, 0.3) is 0 Å². The fraction of sp³-hybridized carbons (Fsp3) is 0.750. The fourth-order valence-corrected chi connectivity index (χ4v) is 0.966. The summed E-state index contributed by atoms with van der Waals surface area (Å²) in [5.74, 6) is 0.631. The van der Waals surface area contributed by atoms with Crippen molar-refractivity contribution in [1.29, 1.82) is 0 Å². The normalized spacial score (nSPS) is 25.7. The topological polar surface area (TPSA) is 53.5 Å². The number of carbonyl (C=O) groups excluding carboxylic acids is 1. The van der Waals surface area contributed by atoms with E-state index in [0.29, 0.717) is 5.96 Å². The Bertz CT molecular complexity index is 200. The molecule has 1 unspecified atom stereocenters. The van der Waals surface area contributed by atoms with Gasteiger partial charge in [-0.2, -0.15) is 0 Å². The molecule has 0 aromatic carbocycles. The highest BCUT2D eigenvalue weighted by Gasteiger charge is 2.22. The van der Waals surface area contributed by atoms with E-state index >= 15 is 0 Å². The first-order valence-electron chi connectivity index (χ1n) is 4.36. The highest BCUT2D eigenvalue weighted by atomic mass is 16.2. The summed E-state index contributed by atoms with van der Waals surface area (Å²) in [7, 11) is 0. The summed E-state index contributed by atoms with van der Waals surface area (Å²) in [4.78, 5) is 15.2. The molecule has 2 N–H and O–H groups in total. The molecule has 1 atom stereocenters. The van der Waals surface area contributed by atoms with Crippen LogP contribution in [0, 0.1) is 0 Å². The van der Waals surface area contributed by atoms with Crippen LogP contribution in [0.15, 0.2) is 4.99 Å². The molecular formula is C8H15N3O. The molecule has 0 aliphatic carbocycles. The van der Waals surface area contributed by atoms with Crippen LogP contribution in [-0.2, 0) is 4.79 Å². The van der Waals surface area contributed by atoms with E-state index in [9.17, 15) is 4.79 Å². The number of carbonyl (C=O) groups is 1. The van der Waals surface area contributed by atoms with Gasteiger partial charge < -0.3 is 5.32 Å². The average Bonchev–Trinajstić information content (AvgIpc) is 2.32. The van der Waals surface area contributed by atoms with Crippen molar-refractivity contribution in [2.24, 2.45) is 4.99 Å². The highest BCUT2D eigenvalue weighted by Crippen LogP contribution is 1.93. The Morgan fingerprint density at radius 1 is 1.58 bits per heavy atom. The Labute approximate surface area is 72.4 Å². The van der Waals surface area contributed by atoms with Gasteiger partial charge >= 0.3 is 0 Å².